The van der Waals surface area contributed by atoms with Crippen LogP contribution < -0.4 is 5.32 Å². The van der Waals surface area contributed by atoms with Crippen LogP contribution >= 0.6 is 0 Å². The lowest BCUT2D eigenvalue weighted by Crippen LogP contribution is -2.25. The molecule has 0 bridgehead atoms. The van der Waals surface area contributed by atoms with Gasteiger partial charge in [-0.2, -0.15) is 0 Å². The monoisotopic (exact) mass is 270 g/mol. The first-order chi connectivity index (χ1) is 9.74. The summed E-state index contributed by atoms with van der Waals surface area (Å²) in [6.45, 7) is 2.71. The maximum Gasteiger partial charge on any atom is 0.274 e. The van der Waals surface area contributed by atoms with Crippen LogP contribution in [0.15, 0.2) is 34.9 Å². The zero-order chi connectivity index (χ0) is 13.9. The summed E-state index contributed by atoms with van der Waals surface area (Å²) >= 11 is 0. The number of amides is 1. The van der Waals surface area contributed by atoms with Gasteiger partial charge in [-0.25, -0.2) is 0 Å². The molecule has 1 amide bonds. The average Bonchev–Trinajstić information content (AvgIpc) is 2.89. The third kappa shape index (κ3) is 2.59. The summed E-state index contributed by atoms with van der Waals surface area (Å²) in [7, 11) is 0. The van der Waals surface area contributed by atoms with E-state index in [4.69, 9.17) is 4.52 Å². The lowest BCUT2D eigenvalue weighted by Gasteiger charge is -2.16. The third-order valence-corrected chi connectivity index (χ3v) is 3.80. The Kier molecular flexibility index (Phi) is 3.54. The van der Waals surface area contributed by atoms with E-state index in [0.717, 1.165) is 36.1 Å². The van der Waals surface area contributed by atoms with Crippen molar-refractivity contribution in [3.8, 4) is 0 Å². The number of carbonyl (C=O) groups is 1. The van der Waals surface area contributed by atoms with Gasteiger partial charge in [0.2, 0.25) is 0 Å². The molecule has 0 fully saturated rings. The van der Waals surface area contributed by atoms with Crippen LogP contribution in [0, 0.1) is 5.92 Å². The van der Waals surface area contributed by atoms with Gasteiger partial charge in [-0.15, -0.1) is 0 Å². The Balaban J connectivity index is 1.70. The van der Waals surface area contributed by atoms with Gasteiger partial charge >= 0.3 is 0 Å². The first kappa shape index (κ1) is 12.9. The summed E-state index contributed by atoms with van der Waals surface area (Å²) in [6, 6.07) is 9.85. The summed E-state index contributed by atoms with van der Waals surface area (Å²) in [4.78, 5) is 12.2. The van der Waals surface area contributed by atoms with Gasteiger partial charge in [0.25, 0.3) is 5.91 Å². The molecule has 0 saturated carbocycles. The van der Waals surface area contributed by atoms with E-state index >= 15 is 0 Å². The first-order valence-electron chi connectivity index (χ1n) is 7.03. The van der Waals surface area contributed by atoms with Crippen molar-refractivity contribution in [2.45, 2.75) is 32.7 Å². The molecule has 3 rings (SSSR count). The number of aromatic nitrogens is 1. The molecule has 0 spiro atoms. The van der Waals surface area contributed by atoms with Crippen molar-refractivity contribution in [1.82, 2.24) is 10.5 Å². The normalized spacial score (nSPS) is 17.6. The summed E-state index contributed by atoms with van der Waals surface area (Å²) in [5.41, 5.74) is 2.53. The van der Waals surface area contributed by atoms with Crippen LogP contribution in [0.1, 0.15) is 40.7 Å². The van der Waals surface area contributed by atoms with Crippen LogP contribution in [0.5, 0.6) is 0 Å². The van der Waals surface area contributed by atoms with E-state index in [1.807, 2.05) is 30.3 Å². The van der Waals surface area contributed by atoms with E-state index in [2.05, 4.69) is 17.4 Å². The summed E-state index contributed by atoms with van der Waals surface area (Å²) in [6.07, 6.45) is 2.87. The topological polar surface area (TPSA) is 55.1 Å². The van der Waals surface area contributed by atoms with Crippen molar-refractivity contribution in [2.75, 3.05) is 0 Å². The lowest BCUT2D eigenvalue weighted by atomic mass is 9.88. The van der Waals surface area contributed by atoms with Crippen LogP contribution in [0.2, 0.25) is 0 Å². The van der Waals surface area contributed by atoms with E-state index in [0.29, 0.717) is 18.2 Å². The number of nitrogens with zero attached hydrogens (tertiary/aromatic N) is 1. The smallest absolute Gasteiger partial charge is 0.274 e. The zero-order valence-electron chi connectivity index (χ0n) is 11.6. The standard InChI is InChI=1S/C16H18N2O2/c1-11-7-8-14-13(9-11)15(18-20-14)16(19)17-10-12-5-3-2-4-6-12/h2-6,11H,7-10H2,1H3,(H,17,19)/t11-/m0/s1. The summed E-state index contributed by atoms with van der Waals surface area (Å²) in [5.74, 6) is 1.32. The van der Waals surface area contributed by atoms with Crippen molar-refractivity contribution < 1.29 is 9.32 Å². The highest BCUT2D eigenvalue weighted by Gasteiger charge is 2.26. The number of carbonyl (C=O) groups excluding carboxylic acids is 1. The van der Waals surface area contributed by atoms with Gasteiger partial charge in [0, 0.05) is 18.5 Å². The highest BCUT2D eigenvalue weighted by Crippen LogP contribution is 2.27. The van der Waals surface area contributed by atoms with Crippen molar-refractivity contribution in [1.29, 1.82) is 0 Å². The predicted molar refractivity (Wildman–Crippen MR) is 75.3 cm³/mol. The third-order valence-electron chi connectivity index (χ3n) is 3.80. The largest absolute Gasteiger partial charge is 0.360 e. The molecule has 1 aliphatic carbocycles. The second-order valence-corrected chi connectivity index (χ2v) is 5.45. The predicted octanol–water partition coefficient (Wildman–Crippen LogP) is 2.73. The molecule has 1 aromatic carbocycles. The highest BCUT2D eigenvalue weighted by atomic mass is 16.5. The van der Waals surface area contributed by atoms with Crippen LogP contribution in [0.4, 0.5) is 0 Å². The first-order valence-corrected chi connectivity index (χ1v) is 7.03. The van der Waals surface area contributed by atoms with Gasteiger partial charge in [0.15, 0.2) is 5.69 Å². The molecule has 1 heterocycles. The zero-order valence-corrected chi connectivity index (χ0v) is 11.6. The molecule has 4 heteroatoms. The number of benzene rings is 1. The van der Waals surface area contributed by atoms with Crippen LogP contribution in [-0.2, 0) is 19.4 Å². The maximum absolute atomic E-state index is 12.2. The maximum atomic E-state index is 12.2. The lowest BCUT2D eigenvalue weighted by molar-refractivity contribution is 0.0941. The van der Waals surface area contributed by atoms with Crippen LogP contribution in [0.25, 0.3) is 0 Å². The van der Waals surface area contributed by atoms with E-state index in [-0.39, 0.29) is 5.91 Å². The number of rotatable bonds is 3. The van der Waals surface area contributed by atoms with Crippen LogP contribution in [0.3, 0.4) is 0 Å². The molecule has 1 atom stereocenters. The number of fused-ring (bicyclic) bond motifs is 1. The van der Waals surface area contributed by atoms with E-state index in [9.17, 15) is 4.79 Å². The fraction of sp³-hybridized carbons (Fsp3) is 0.375. The summed E-state index contributed by atoms with van der Waals surface area (Å²) < 4.78 is 5.30. The average molecular weight is 270 g/mol. The molecule has 4 nitrogen and oxygen atoms in total. The Labute approximate surface area is 118 Å². The Morgan fingerprint density at radius 3 is 3.00 bits per heavy atom. The SMILES string of the molecule is C[C@H]1CCc2onc(C(=O)NCc3ccccc3)c2C1. The molecule has 1 N–H and O–H groups in total. The Morgan fingerprint density at radius 1 is 1.40 bits per heavy atom. The number of aryl methyl sites for hydroxylation is 1. The fourth-order valence-corrected chi connectivity index (χ4v) is 2.62. The quantitative estimate of drug-likeness (QED) is 0.933. The Morgan fingerprint density at radius 2 is 2.20 bits per heavy atom. The molecule has 0 aliphatic heterocycles. The second kappa shape index (κ2) is 5.49. The van der Waals surface area contributed by atoms with E-state index in [1.54, 1.807) is 0 Å². The minimum Gasteiger partial charge on any atom is -0.360 e. The van der Waals surface area contributed by atoms with Crippen molar-refractivity contribution >= 4 is 5.91 Å². The van der Waals surface area contributed by atoms with Gasteiger partial charge in [-0.05, 0) is 24.3 Å². The Hall–Kier alpha value is -2.10. The highest BCUT2D eigenvalue weighted by molar-refractivity contribution is 5.93. The molecule has 0 saturated heterocycles. The van der Waals surface area contributed by atoms with Gasteiger partial charge in [0.1, 0.15) is 5.76 Å². The minimum atomic E-state index is -0.145. The molecule has 2 aromatic rings. The molecule has 0 unspecified atom stereocenters. The molecular weight excluding hydrogens is 252 g/mol. The fourth-order valence-electron chi connectivity index (χ4n) is 2.62. The van der Waals surface area contributed by atoms with E-state index in [1.165, 1.54) is 0 Å². The number of hydrogen-bond donors (Lipinski definition) is 1. The molecule has 1 aromatic heterocycles. The number of nitrogens with one attached hydrogen (secondary N) is 1. The second-order valence-electron chi connectivity index (χ2n) is 5.45. The van der Waals surface area contributed by atoms with E-state index < -0.39 is 0 Å². The molecule has 0 radical (unpaired) electrons. The van der Waals surface area contributed by atoms with Crippen molar-refractivity contribution in [2.24, 2.45) is 5.92 Å². The molecule has 20 heavy (non-hydrogen) atoms. The summed E-state index contributed by atoms with van der Waals surface area (Å²) in [5, 5.41) is 6.86. The minimum absolute atomic E-state index is 0.145. The van der Waals surface area contributed by atoms with Crippen molar-refractivity contribution in [3.05, 3.63) is 52.9 Å². The molecule has 104 valence electrons. The Bertz CT molecular complexity index is 604. The molecule has 1 aliphatic rings. The number of hydrogen-bond acceptors (Lipinski definition) is 3. The van der Waals surface area contributed by atoms with Gasteiger partial charge in [-0.1, -0.05) is 42.4 Å². The van der Waals surface area contributed by atoms with Gasteiger partial charge < -0.3 is 9.84 Å². The van der Waals surface area contributed by atoms with Gasteiger partial charge in [0.05, 0.1) is 0 Å². The van der Waals surface area contributed by atoms with Crippen LogP contribution in [-0.4, -0.2) is 11.1 Å². The van der Waals surface area contributed by atoms with Gasteiger partial charge in [-0.3, -0.25) is 4.79 Å². The molecular formula is C16H18N2O2. The van der Waals surface area contributed by atoms with Crippen molar-refractivity contribution in [3.63, 3.8) is 0 Å².